The Labute approximate surface area is 167 Å². The van der Waals surface area contributed by atoms with E-state index in [-0.39, 0.29) is 0 Å². The molecule has 1 spiro atoms. The van der Waals surface area contributed by atoms with E-state index in [2.05, 4.69) is 0 Å². The van der Waals surface area contributed by atoms with Crippen LogP contribution in [0.1, 0.15) is 45.5 Å². The summed E-state index contributed by atoms with van der Waals surface area (Å²) >= 11 is 0. The molecule has 0 radical (unpaired) electrons. The van der Waals surface area contributed by atoms with Gasteiger partial charge in [0.15, 0.2) is 12.4 Å². The van der Waals surface area contributed by atoms with Gasteiger partial charge in [0.1, 0.15) is 5.60 Å². The number of carbonyl (C=O) groups is 3. The maximum atomic E-state index is 11.7. The molecule has 0 bridgehead atoms. The fourth-order valence-electron chi connectivity index (χ4n) is 3.72. The third-order valence-electron chi connectivity index (χ3n) is 4.98. The Kier molecular flexibility index (Phi) is 6.21. The van der Waals surface area contributed by atoms with Crippen molar-refractivity contribution in [2.45, 2.75) is 70.1 Å². The van der Waals surface area contributed by atoms with Gasteiger partial charge in [-0.1, -0.05) is 30.3 Å². The lowest BCUT2D eigenvalue weighted by molar-refractivity contribution is -0.286. The van der Waals surface area contributed by atoms with Crippen molar-refractivity contribution in [3.8, 4) is 0 Å². The van der Waals surface area contributed by atoms with E-state index < -0.39 is 54.4 Å². The molecule has 1 heterocycles. The highest BCUT2D eigenvalue weighted by molar-refractivity contribution is 5.68. The highest BCUT2D eigenvalue weighted by atomic mass is 16.8. The van der Waals surface area contributed by atoms with Crippen LogP contribution < -0.4 is 0 Å². The first-order chi connectivity index (χ1) is 13.7. The summed E-state index contributed by atoms with van der Waals surface area (Å²) in [6, 6.07) is 8.75. The Morgan fingerprint density at radius 1 is 1.03 bits per heavy atom. The molecule has 1 aromatic carbocycles. The van der Waals surface area contributed by atoms with Crippen LogP contribution in [0.4, 0.5) is 0 Å². The third kappa shape index (κ3) is 4.42. The molecule has 3 rings (SSSR count). The van der Waals surface area contributed by atoms with Crippen molar-refractivity contribution in [2.75, 3.05) is 0 Å². The Morgan fingerprint density at radius 2 is 1.66 bits per heavy atom. The first-order valence-corrected chi connectivity index (χ1v) is 9.31. The molecule has 1 aliphatic heterocycles. The number of hydrogen-bond donors (Lipinski definition) is 1. The van der Waals surface area contributed by atoms with E-state index in [1.807, 2.05) is 6.07 Å². The van der Waals surface area contributed by atoms with E-state index in [0.717, 1.165) is 0 Å². The highest BCUT2D eigenvalue weighted by Crippen LogP contribution is 2.51. The van der Waals surface area contributed by atoms with Crippen LogP contribution in [0.5, 0.6) is 0 Å². The van der Waals surface area contributed by atoms with Gasteiger partial charge >= 0.3 is 17.9 Å². The number of ether oxygens (including phenoxy) is 5. The molecule has 9 heteroatoms. The van der Waals surface area contributed by atoms with Crippen molar-refractivity contribution < 1.29 is 43.2 Å². The molecule has 0 amide bonds. The molecule has 29 heavy (non-hydrogen) atoms. The van der Waals surface area contributed by atoms with Crippen LogP contribution in [0.2, 0.25) is 0 Å². The minimum absolute atomic E-state index is 0.395. The minimum atomic E-state index is -1.26. The summed E-state index contributed by atoms with van der Waals surface area (Å²) in [7, 11) is 0. The van der Waals surface area contributed by atoms with Crippen molar-refractivity contribution >= 4 is 17.9 Å². The molecule has 2 fully saturated rings. The van der Waals surface area contributed by atoms with Crippen molar-refractivity contribution in [1.29, 1.82) is 0 Å². The average Bonchev–Trinajstić information content (AvgIpc) is 2.93. The largest absolute Gasteiger partial charge is 0.455 e. The molecular formula is C20H24O9. The Bertz CT molecular complexity index is 764. The van der Waals surface area contributed by atoms with Crippen molar-refractivity contribution in [1.82, 2.24) is 0 Å². The lowest BCUT2D eigenvalue weighted by Gasteiger charge is -2.48. The molecule has 2 aliphatic rings. The van der Waals surface area contributed by atoms with E-state index in [9.17, 15) is 19.5 Å². The van der Waals surface area contributed by atoms with Gasteiger partial charge in [0.25, 0.3) is 0 Å². The van der Waals surface area contributed by atoms with Gasteiger partial charge in [-0.2, -0.15) is 0 Å². The summed E-state index contributed by atoms with van der Waals surface area (Å²) in [6.45, 7) is 3.59. The lowest BCUT2D eigenvalue weighted by Crippen LogP contribution is -2.62. The predicted octanol–water partition coefficient (Wildman–Crippen LogP) is 1.38. The number of aliphatic hydroxyl groups excluding tert-OH is 1. The Balaban J connectivity index is 1.86. The van der Waals surface area contributed by atoms with Crippen molar-refractivity contribution in [3.63, 3.8) is 0 Å². The van der Waals surface area contributed by atoms with E-state index in [1.165, 1.54) is 20.8 Å². The summed E-state index contributed by atoms with van der Waals surface area (Å²) in [5.41, 5.74) is -0.675. The first-order valence-electron chi connectivity index (χ1n) is 9.31. The van der Waals surface area contributed by atoms with Crippen molar-refractivity contribution in [3.05, 3.63) is 35.9 Å². The van der Waals surface area contributed by atoms with Gasteiger partial charge < -0.3 is 28.8 Å². The monoisotopic (exact) mass is 408 g/mol. The normalized spacial score (nSPS) is 31.6. The zero-order valence-electron chi connectivity index (χ0n) is 16.4. The molecular weight excluding hydrogens is 384 g/mol. The number of esters is 3. The predicted molar refractivity (Wildman–Crippen MR) is 96.0 cm³/mol. The second kappa shape index (κ2) is 8.48. The average molecular weight is 408 g/mol. The fraction of sp³-hybridized carbons (Fsp3) is 0.550. The summed E-state index contributed by atoms with van der Waals surface area (Å²) < 4.78 is 27.6. The standard InChI is InChI=1S/C20H24O9/c1-11(21)25-16-17(26-12(2)22)20(29-19(16)27-13(3)23)10-9-15(20)28-18(24)14-7-5-4-6-8-14/h4-8,15-19,24H,9-10H2,1-3H3/t15-,16?,17?,18?,19?,20-/m0/s1. The van der Waals surface area contributed by atoms with Crippen LogP contribution in [0.25, 0.3) is 0 Å². The molecule has 6 atom stereocenters. The van der Waals surface area contributed by atoms with E-state index in [0.29, 0.717) is 18.4 Å². The number of benzene rings is 1. The zero-order chi connectivity index (χ0) is 21.2. The number of hydrogen-bond acceptors (Lipinski definition) is 9. The molecule has 4 unspecified atom stereocenters. The molecule has 1 aromatic rings. The maximum Gasteiger partial charge on any atom is 0.305 e. The van der Waals surface area contributed by atoms with E-state index in [1.54, 1.807) is 24.3 Å². The van der Waals surface area contributed by atoms with Gasteiger partial charge in [0.05, 0.1) is 6.10 Å². The van der Waals surface area contributed by atoms with Crippen molar-refractivity contribution in [2.24, 2.45) is 0 Å². The van der Waals surface area contributed by atoms with Crippen LogP contribution >= 0.6 is 0 Å². The van der Waals surface area contributed by atoms with Gasteiger partial charge in [0.2, 0.25) is 12.4 Å². The highest BCUT2D eigenvalue weighted by Gasteiger charge is 2.68. The summed E-state index contributed by atoms with van der Waals surface area (Å²) in [5.74, 6) is -1.91. The van der Waals surface area contributed by atoms with Gasteiger partial charge in [-0.15, -0.1) is 0 Å². The van der Waals surface area contributed by atoms with Gasteiger partial charge in [-0.3, -0.25) is 14.4 Å². The smallest absolute Gasteiger partial charge is 0.305 e. The molecule has 1 N–H and O–H groups in total. The van der Waals surface area contributed by atoms with Gasteiger partial charge in [-0.05, 0) is 12.8 Å². The van der Waals surface area contributed by atoms with Crippen LogP contribution in [0, 0.1) is 0 Å². The molecule has 1 aliphatic carbocycles. The quantitative estimate of drug-likeness (QED) is 0.423. The van der Waals surface area contributed by atoms with E-state index in [4.69, 9.17) is 23.7 Å². The van der Waals surface area contributed by atoms with Crippen LogP contribution in [0.15, 0.2) is 30.3 Å². The van der Waals surface area contributed by atoms with Crippen LogP contribution in [0.3, 0.4) is 0 Å². The zero-order valence-corrected chi connectivity index (χ0v) is 16.4. The summed E-state index contributed by atoms with van der Waals surface area (Å²) in [5, 5.41) is 10.4. The Hall–Kier alpha value is -2.49. The maximum absolute atomic E-state index is 11.7. The fourth-order valence-corrected chi connectivity index (χ4v) is 3.72. The van der Waals surface area contributed by atoms with Crippen LogP contribution in [-0.4, -0.2) is 53.2 Å². The topological polar surface area (TPSA) is 118 Å². The molecule has 9 nitrogen and oxygen atoms in total. The molecule has 158 valence electrons. The molecule has 1 saturated carbocycles. The second-order valence-electron chi connectivity index (χ2n) is 7.08. The first kappa shape index (κ1) is 21.2. The van der Waals surface area contributed by atoms with Gasteiger partial charge in [-0.25, -0.2) is 0 Å². The lowest BCUT2D eigenvalue weighted by atomic mass is 9.72. The van der Waals surface area contributed by atoms with E-state index >= 15 is 0 Å². The van der Waals surface area contributed by atoms with Crippen LogP contribution in [-0.2, 0) is 38.1 Å². The Morgan fingerprint density at radius 3 is 2.17 bits per heavy atom. The number of carbonyl (C=O) groups excluding carboxylic acids is 3. The number of aliphatic hydroxyl groups is 1. The SMILES string of the molecule is CC(=O)OC1O[C@]2(CC[C@@H]2OC(O)c2ccccc2)C(OC(C)=O)C1OC(C)=O. The summed E-state index contributed by atoms with van der Waals surface area (Å²) in [4.78, 5) is 34.8. The molecule has 1 saturated heterocycles. The molecule has 0 aromatic heterocycles. The summed E-state index contributed by atoms with van der Waals surface area (Å²) in [6.07, 6.45) is -4.49. The minimum Gasteiger partial charge on any atom is -0.455 e. The third-order valence-corrected chi connectivity index (χ3v) is 4.98. The van der Waals surface area contributed by atoms with Gasteiger partial charge in [0, 0.05) is 26.3 Å². The number of rotatable bonds is 6. The second-order valence-corrected chi connectivity index (χ2v) is 7.08.